The van der Waals surface area contributed by atoms with Gasteiger partial charge in [0.15, 0.2) is 11.0 Å². The molecular formula is C18H18N6O5S2. The maximum Gasteiger partial charge on any atom is 0.284 e. The minimum Gasteiger partial charge on any atom is -0.379 e. The van der Waals surface area contributed by atoms with Gasteiger partial charge in [-0.1, -0.05) is 0 Å². The van der Waals surface area contributed by atoms with E-state index < -0.39 is 14.9 Å². The number of nitro benzene ring substituents is 1. The van der Waals surface area contributed by atoms with Gasteiger partial charge in [-0.2, -0.15) is 4.31 Å². The summed E-state index contributed by atoms with van der Waals surface area (Å²) in [4.78, 5) is 15.2. The molecular weight excluding hydrogens is 444 g/mol. The molecule has 1 fully saturated rings. The van der Waals surface area contributed by atoms with Crippen molar-refractivity contribution in [3.63, 3.8) is 0 Å². The largest absolute Gasteiger partial charge is 0.379 e. The van der Waals surface area contributed by atoms with Crippen LogP contribution in [-0.4, -0.2) is 63.7 Å². The summed E-state index contributed by atoms with van der Waals surface area (Å²) in [5.74, 6) is 0.582. The monoisotopic (exact) mass is 462 g/mol. The number of hydrogen-bond donors (Lipinski definition) is 0. The maximum atomic E-state index is 12.9. The zero-order valence-corrected chi connectivity index (χ0v) is 18.0. The fraction of sp³-hybridized carbons (Fsp3) is 0.278. The van der Waals surface area contributed by atoms with Gasteiger partial charge in [-0.15, -0.1) is 10.2 Å². The van der Waals surface area contributed by atoms with Crippen LogP contribution in [0.15, 0.2) is 57.7 Å². The van der Waals surface area contributed by atoms with E-state index >= 15 is 0 Å². The lowest BCUT2D eigenvalue weighted by Gasteiger charge is -2.26. The van der Waals surface area contributed by atoms with Gasteiger partial charge in [-0.05, 0) is 36.0 Å². The Morgan fingerprint density at radius 3 is 2.52 bits per heavy atom. The van der Waals surface area contributed by atoms with Crippen LogP contribution in [0.1, 0.15) is 0 Å². The quantitative estimate of drug-likeness (QED) is 0.398. The molecule has 1 aliphatic rings. The molecule has 3 heterocycles. The molecule has 0 amide bonds. The van der Waals surface area contributed by atoms with Crippen molar-refractivity contribution in [1.29, 1.82) is 0 Å². The van der Waals surface area contributed by atoms with Crippen LogP contribution in [0.3, 0.4) is 0 Å². The van der Waals surface area contributed by atoms with E-state index in [2.05, 4.69) is 15.2 Å². The van der Waals surface area contributed by atoms with E-state index in [9.17, 15) is 18.5 Å². The van der Waals surface area contributed by atoms with Gasteiger partial charge in [0.05, 0.1) is 27.9 Å². The number of ether oxygens (including phenoxy) is 1. The van der Waals surface area contributed by atoms with E-state index in [1.165, 1.54) is 16.4 Å². The molecule has 1 aliphatic heterocycles. The van der Waals surface area contributed by atoms with Crippen molar-refractivity contribution < 1.29 is 18.1 Å². The van der Waals surface area contributed by atoms with Crippen LogP contribution < -0.4 is 0 Å². The Bertz CT molecular complexity index is 1210. The lowest BCUT2D eigenvalue weighted by molar-refractivity contribution is -0.388. The van der Waals surface area contributed by atoms with E-state index in [4.69, 9.17) is 4.74 Å². The predicted octanol–water partition coefficient (Wildman–Crippen LogP) is 1.96. The Morgan fingerprint density at radius 1 is 1.13 bits per heavy atom. The number of pyridine rings is 1. The Hall–Kier alpha value is -2.87. The third-order valence-electron chi connectivity index (χ3n) is 4.71. The molecule has 0 N–H and O–H groups in total. The first-order chi connectivity index (χ1) is 14.9. The number of hydrogen-bond acceptors (Lipinski definition) is 9. The number of sulfonamides is 1. The lowest BCUT2D eigenvalue weighted by Crippen LogP contribution is -2.40. The molecule has 0 unspecified atom stereocenters. The van der Waals surface area contributed by atoms with Crippen LogP contribution in [0.5, 0.6) is 0 Å². The fourth-order valence-corrected chi connectivity index (χ4v) is 5.38. The van der Waals surface area contributed by atoms with Gasteiger partial charge in [-0.25, -0.2) is 8.42 Å². The molecule has 31 heavy (non-hydrogen) atoms. The van der Waals surface area contributed by atoms with Gasteiger partial charge in [0.2, 0.25) is 10.0 Å². The first-order valence-corrected chi connectivity index (χ1v) is 11.5. The van der Waals surface area contributed by atoms with Gasteiger partial charge >= 0.3 is 0 Å². The minimum absolute atomic E-state index is 0.124. The summed E-state index contributed by atoms with van der Waals surface area (Å²) >= 11 is 1.04. The number of aromatic nitrogens is 4. The van der Waals surface area contributed by atoms with Crippen LogP contribution in [0, 0.1) is 10.1 Å². The minimum atomic E-state index is -3.85. The van der Waals surface area contributed by atoms with Crippen LogP contribution in [0.25, 0.3) is 11.4 Å². The van der Waals surface area contributed by atoms with Gasteiger partial charge in [-0.3, -0.25) is 15.1 Å². The summed E-state index contributed by atoms with van der Waals surface area (Å²) in [5.41, 5.74) is 0.492. The van der Waals surface area contributed by atoms with Crippen molar-refractivity contribution in [3.8, 4) is 11.4 Å². The lowest BCUT2D eigenvalue weighted by atomic mass is 10.2. The normalized spacial score (nSPS) is 15.1. The SMILES string of the molecule is Cn1c(Sc2ccc(S(=O)(=O)N3CCOCC3)cc2[N+](=O)[O-])nnc1-c1ccncc1. The van der Waals surface area contributed by atoms with E-state index in [-0.39, 0.29) is 28.6 Å². The average molecular weight is 463 g/mol. The van der Waals surface area contributed by atoms with Crippen LogP contribution >= 0.6 is 11.8 Å². The highest BCUT2D eigenvalue weighted by molar-refractivity contribution is 7.99. The number of benzene rings is 1. The van der Waals surface area contributed by atoms with E-state index in [1.54, 1.807) is 36.1 Å². The molecule has 0 aliphatic carbocycles. The van der Waals surface area contributed by atoms with Crippen LogP contribution in [-0.2, 0) is 21.8 Å². The number of nitro groups is 1. The molecule has 1 aromatic carbocycles. The van der Waals surface area contributed by atoms with Crippen molar-refractivity contribution in [2.45, 2.75) is 14.9 Å². The summed E-state index contributed by atoms with van der Waals surface area (Å²) in [6.45, 7) is 1.01. The van der Waals surface area contributed by atoms with Gasteiger partial charge in [0.1, 0.15) is 0 Å². The first kappa shape index (κ1) is 21.4. The number of nitrogens with zero attached hydrogens (tertiary/aromatic N) is 6. The topological polar surface area (TPSA) is 133 Å². The summed E-state index contributed by atoms with van der Waals surface area (Å²) in [5, 5.41) is 20.4. The smallest absolute Gasteiger partial charge is 0.284 e. The highest BCUT2D eigenvalue weighted by atomic mass is 32.2. The molecule has 0 bridgehead atoms. The van der Waals surface area contributed by atoms with Crippen LogP contribution in [0.2, 0.25) is 0 Å². The average Bonchev–Trinajstić information content (AvgIpc) is 3.15. The zero-order chi connectivity index (χ0) is 22.0. The van der Waals surface area contributed by atoms with E-state index in [0.717, 1.165) is 23.4 Å². The third kappa shape index (κ3) is 4.30. The Labute approximate surface area is 182 Å². The Morgan fingerprint density at radius 2 is 1.84 bits per heavy atom. The first-order valence-electron chi connectivity index (χ1n) is 9.22. The molecule has 3 aromatic rings. The highest BCUT2D eigenvalue weighted by Crippen LogP contribution is 2.36. The standard InChI is InChI=1S/C18H18N6O5S2/c1-22-17(13-4-6-19-7-5-13)20-21-18(22)30-16-3-2-14(12-15(16)24(25)26)31(27,28)23-8-10-29-11-9-23/h2-7,12H,8-11H2,1H3. The fourth-order valence-electron chi connectivity index (χ4n) is 3.08. The molecule has 13 heteroatoms. The second-order valence-electron chi connectivity index (χ2n) is 6.61. The summed E-state index contributed by atoms with van der Waals surface area (Å²) in [6.07, 6.45) is 3.27. The number of morpholine rings is 1. The second-order valence-corrected chi connectivity index (χ2v) is 9.55. The van der Waals surface area contributed by atoms with E-state index in [0.29, 0.717) is 24.2 Å². The van der Waals surface area contributed by atoms with Crippen molar-refractivity contribution >= 4 is 27.5 Å². The molecule has 0 saturated carbocycles. The van der Waals surface area contributed by atoms with Crippen molar-refractivity contribution in [2.24, 2.45) is 7.05 Å². The van der Waals surface area contributed by atoms with E-state index in [1.807, 2.05) is 0 Å². The van der Waals surface area contributed by atoms with Crippen molar-refractivity contribution in [2.75, 3.05) is 26.3 Å². The van der Waals surface area contributed by atoms with Crippen LogP contribution in [0.4, 0.5) is 5.69 Å². The molecule has 0 radical (unpaired) electrons. The molecule has 4 rings (SSSR count). The maximum absolute atomic E-state index is 12.9. The zero-order valence-electron chi connectivity index (χ0n) is 16.4. The predicted molar refractivity (Wildman–Crippen MR) is 111 cm³/mol. The molecule has 162 valence electrons. The van der Waals surface area contributed by atoms with Crippen molar-refractivity contribution in [1.82, 2.24) is 24.1 Å². The van der Waals surface area contributed by atoms with Crippen molar-refractivity contribution in [3.05, 3.63) is 52.8 Å². The molecule has 0 spiro atoms. The summed E-state index contributed by atoms with van der Waals surface area (Å²) in [7, 11) is -2.10. The Kier molecular flexibility index (Phi) is 6.00. The molecule has 0 atom stereocenters. The van der Waals surface area contributed by atoms with Gasteiger partial charge < -0.3 is 9.30 Å². The molecule has 1 saturated heterocycles. The molecule has 2 aromatic heterocycles. The van der Waals surface area contributed by atoms with Gasteiger partial charge in [0, 0.05) is 44.2 Å². The third-order valence-corrected chi connectivity index (χ3v) is 7.71. The molecule has 11 nitrogen and oxygen atoms in total. The Balaban J connectivity index is 1.66. The highest BCUT2D eigenvalue weighted by Gasteiger charge is 2.29. The number of rotatable bonds is 6. The van der Waals surface area contributed by atoms with Gasteiger partial charge in [0.25, 0.3) is 5.69 Å². The summed E-state index contributed by atoms with van der Waals surface area (Å²) < 4.78 is 33.9. The second kappa shape index (κ2) is 8.70. The summed E-state index contributed by atoms with van der Waals surface area (Å²) in [6, 6.07) is 7.46.